The van der Waals surface area contributed by atoms with Crippen LogP contribution in [0.1, 0.15) is 19.3 Å². The molecule has 0 fully saturated rings. The number of nitrogens with zero attached hydrogens (tertiary/aromatic N) is 4. The Hall–Kier alpha value is -1.81. The Kier molecular flexibility index (Phi) is 24.7. The number of hydrogen-bond donors (Lipinski definition) is 0. The van der Waals surface area contributed by atoms with Gasteiger partial charge >= 0.3 is 0 Å². The summed E-state index contributed by atoms with van der Waals surface area (Å²) in [7, 11) is 0. The van der Waals surface area contributed by atoms with E-state index in [1.165, 1.54) is 0 Å². The molecule has 0 aliphatic heterocycles. The zero-order chi connectivity index (χ0) is 22.7. The minimum atomic E-state index is 0.389. The van der Waals surface area contributed by atoms with Gasteiger partial charge in [-0.1, -0.05) is 0 Å². The third-order valence-corrected chi connectivity index (χ3v) is 3.85. The summed E-state index contributed by atoms with van der Waals surface area (Å²) < 4.78 is 32.6. The lowest BCUT2D eigenvalue weighted by atomic mass is 10.4. The summed E-state index contributed by atoms with van der Waals surface area (Å²) in [6.45, 7) is 8.12. The van der Waals surface area contributed by atoms with Crippen molar-refractivity contribution in [2.24, 2.45) is 0 Å². The van der Waals surface area contributed by atoms with Crippen molar-refractivity contribution in [1.82, 2.24) is 4.90 Å². The maximum atomic E-state index is 8.45. The third kappa shape index (κ3) is 24.3. The van der Waals surface area contributed by atoms with Crippen molar-refractivity contribution in [3.05, 3.63) is 0 Å². The molecule has 31 heavy (non-hydrogen) atoms. The fraction of sp³-hybridized carbons (Fsp3) is 0.857. The van der Waals surface area contributed by atoms with Crippen LogP contribution in [0.3, 0.4) is 0 Å². The molecule has 0 unspecified atom stereocenters. The highest BCUT2D eigenvalue weighted by Crippen LogP contribution is 1.93. The molecule has 0 aromatic heterocycles. The molecule has 0 amide bonds. The van der Waals surface area contributed by atoms with Crippen LogP contribution in [0.5, 0.6) is 0 Å². The highest BCUT2D eigenvalue weighted by atomic mass is 16.5. The fourth-order valence-corrected chi connectivity index (χ4v) is 2.24. The van der Waals surface area contributed by atoms with Gasteiger partial charge in [-0.25, -0.2) is 0 Å². The van der Waals surface area contributed by atoms with Crippen LogP contribution in [0.2, 0.25) is 0 Å². The molecule has 10 heteroatoms. The van der Waals surface area contributed by atoms with Gasteiger partial charge in [-0.15, -0.1) is 0 Å². The Morgan fingerprint density at radius 3 is 0.903 bits per heavy atom. The fourth-order valence-electron chi connectivity index (χ4n) is 2.24. The number of hydrogen-bond acceptors (Lipinski definition) is 10. The summed E-state index contributed by atoms with van der Waals surface area (Å²) in [4.78, 5) is 2.20. The molecule has 176 valence electrons. The molecule has 0 bridgehead atoms. The van der Waals surface area contributed by atoms with E-state index in [0.717, 1.165) is 19.6 Å². The normalized spacial score (nSPS) is 10.6. The van der Waals surface area contributed by atoms with Gasteiger partial charge in [0.2, 0.25) is 0 Å². The highest BCUT2D eigenvalue weighted by Gasteiger charge is 2.05. The van der Waals surface area contributed by atoms with E-state index in [-0.39, 0.29) is 0 Å². The van der Waals surface area contributed by atoms with Gasteiger partial charge in [0.1, 0.15) is 0 Å². The van der Waals surface area contributed by atoms with Crippen molar-refractivity contribution in [3.8, 4) is 18.2 Å². The summed E-state index contributed by atoms with van der Waals surface area (Å²) >= 11 is 0. The van der Waals surface area contributed by atoms with Gasteiger partial charge in [0, 0.05) is 19.6 Å². The first-order chi connectivity index (χ1) is 15.3. The van der Waals surface area contributed by atoms with Gasteiger partial charge in [-0.05, 0) is 0 Å². The molecule has 0 aliphatic rings. The predicted molar refractivity (Wildman–Crippen MR) is 112 cm³/mol. The quantitative estimate of drug-likeness (QED) is 0.201. The molecular weight excluding hydrogens is 404 g/mol. The molecule has 0 radical (unpaired) electrons. The Labute approximate surface area is 186 Å². The van der Waals surface area contributed by atoms with Gasteiger partial charge in [-0.2, -0.15) is 15.8 Å². The average molecular weight is 441 g/mol. The van der Waals surface area contributed by atoms with E-state index >= 15 is 0 Å². The van der Waals surface area contributed by atoms with Crippen LogP contribution in [-0.4, -0.2) is 104 Å². The van der Waals surface area contributed by atoms with Gasteiger partial charge in [0.15, 0.2) is 0 Å². The Morgan fingerprint density at radius 1 is 0.387 bits per heavy atom. The SMILES string of the molecule is N#CCCOCCOCCN(CCOCCOCCC#N)CCOCCOCCC#N. The number of ether oxygens (including phenoxy) is 6. The zero-order valence-electron chi connectivity index (χ0n) is 18.5. The van der Waals surface area contributed by atoms with E-state index in [4.69, 9.17) is 44.2 Å². The maximum Gasteiger partial charge on any atom is 0.0701 e. The van der Waals surface area contributed by atoms with E-state index < -0.39 is 0 Å². The first kappa shape index (κ1) is 29.2. The maximum absolute atomic E-state index is 8.45. The van der Waals surface area contributed by atoms with Gasteiger partial charge < -0.3 is 28.4 Å². The second-order valence-corrected chi connectivity index (χ2v) is 6.24. The predicted octanol–water partition coefficient (Wildman–Crippen LogP) is 1.13. The molecule has 0 spiro atoms. The lowest BCUT2D eigenvalue weighted by molar-refractivity contribution is 0.0116. The first-order valence-corrected chi connectivity index (χ1v) is 10.6. The molecule has 0 aromatic rings. The molecule has 0 saturated carbocycles. The van der Waals surface area contributed by atoms with Crippen molar-refractivity contribution in [1.29, 1.82) is 15.8 Å². The van der Waals surface area contributed by atoms with E-state index in [9.17, 15) is 0 Å². The van der Waals surface area contributed by atoms with Crippen molar-refractivity contribution < 1.29 is 28.4 Å². The van der Waals surface area contributed by atoms with Gasteiger partial charge in [0.25, 0.3) is 0 Å². The van der Waals surface area contributed by atoms with Gasteiger partial charge in [-0.3, -0.25) is 4.90 Å². The Bertz CT molecular complexity index is 432. The minimum absolute atomic E-state index is 0.389. The summed E-state index contributed by atoms with van der Waals surface area (Å²) in [5.74, 6) is 0. The Balaban J connectivity index is 3.87. The molecule has 0 aromatic carbocycles. The zero-order valence-corrected chi connectivity index (χ0v) is 18.5. The second-order valence-electron chi connectivity index (χ2n) is 6.24. The van der Waals surface area contributed by atoms with Crippen LogP contribution in [0, 0.1) is 34.0 Å². The van der Waals surface area contributed by atoms with Crippen LogP contribution in [0.15, 0.2) is 0 Å². The largest absolute Gasteiger partial charge is 0.378 e. The second kappa shape index (κ2) is 26.2. The first-order valence-electron chi connectivity index (χ1n) is 10.6. The lowest BCUT2D eigenvalue weighted by Gasteiger charge is -2.22. The summed E-state index contributed by atoms with van der Waals surface area (Å²) in [5, 5.41) is 25.3. The molecule has 0 atom stereocenters. The molecule has 0 N–H and O–H groups in total. The lowest BCUT2D eigenvalue weighted by Crippen LogP contribution is -2.34. The van der Waals surface area contributed by atoms with E-state index in [1.807, 2.05) is 18.2 Å². The average Bonchev–Trinajstić information content (AvgIpc) is 2.78. The highest BCUT2D eigenvalue weighted by molar-refractivity contribution is 4.68. The third-order valence-electron chi connectivity index (χ3n) is 3.85. The smallest absolute Gasteiger partial charge is 0.0701 e. The summed E-state index contributed by atoms with van der Waals surface area (Å²) in [6, 6.07) is 6.09. The summed E-state index contributed by atoms with van der Waals surface area (Å²) in [5.41, 5.74) is 0. The van der Waals surface area contributed by atoms with Crippen LogP contribution in [0.25, 0.3) is 0 Å². The number of nitriles is 3. The molecule has 0 saturated heterocycles. The monoisotopic (exact) mass is 440 g/mol. The molecule has 10 nitrogen and oxygen atoms in total. The standard InChI is InChI=1S/C21H36N4O6/c22-4-1-10-26-16-19-29-13-7-25(8-14-30-20-17-27-11-2-5-23)9-15-31-21-18-28-12-3-6-24/h1-3,7-21H2. The van der Waals surface area contributed by atoms with Crippen LogP contribution in [-0.2, 0) is 28.4 Å². The Morgan fingerprint density at radius 2 is 0.645 bits per heavy atom. The van der Waals surface area contributed by atoms with E-state index in [0.29, 0.717) is 98.5 Å². The molecule has 0 aliphatic carbocycles. The van der Waals surface area contributed by atoms with E-state index in [1.54, 1.807) is 0 Å². The van der Waals surface area contributed by atoms with Crippen molar-refractivity contribution in [2.45, 2.75) is 19.3 Å². The topological polar surface area (TPSA) is 130 Å². The van der Waals surface area contributed by atoms with Crippen molar-refractivity contribution in [3.63, 3.8) is 0 Å². The van der Waals surface area contributed by atoms with Crippen LogP contribution >= 0.6 is 0 Å². The van der Waals surface area contributed by atoms with Crippen LogP contribution in [0.4, 0.5) is 0 Å². The minimum Gasteiger partial charge on any atom is -0.378 e. The summed E-state index contributed by atoms with van der Waals surface area (Å²) in [6.07, 6.45) is 1.17. The molecule has 0 rings (SSSR count). The van der Waals surface area contributed by atoms with E-state index in [2.05, 4.69) is 4.90 Å². The van der Waals surface area contributed by atoms with Crippen molar-refractivity contribution in [2.75, 3.05) is 98.9 Å². The van der Waals surface area contributed by atoms with Crippen LogP contribution < -0.4 is 0 Å². The molecular formula is C21H36N4O6. The molecule has 0 heterocycles. The van der Waals surface area contributed by atoms with Crippen molar-refractivity contribution >= 4 is 0 Å². The number of rotatable bonds is 24. The van der Waals surface area contributed by atoms with Gasteiger partial charge in [0.05, 0.1) is 117 Å².